The number of nitrogens with zero attached hydrogens (tertiary/aromatic N) is 1. The Morgan fingerprint density at radius 3 is 2.39 bits per heavy atom. The van der Waals surface area contributed by atoms with Gasteiger partial charge in [-0.25, -0.2) is 0 Å². The van der Waals surface area contributed by atoms with E-state index in [1.165, 1.54) is 12.8 Å². The zero-order chi connectivity index (χ0) is 13.1. The first-order valence-electron chi connectivity index (χ1n) is 6.71. The summed E-state index contributed by atoms with van der Waals surface area (Å²) in [5.74, 6) is 0.861. The summed E-state index contributed by atoms with van der Waals surface area (Å²) in [6.07, 6.45) is 2.53. The van der Waals surface area contributed by atoms with Gasteiger partial charge in [-0.2, -0.15) is 0 Å². The van der Waals surface area contributed by atoms with Crippen molar-refractivity contribution in [2.45, 2.75) is 39.3 Å². The highest BCUT2D eigenvalue weighted by Crippen LogP contribution is 2.30. The number of benzene rings is 1. The largest absolute Gasteiger partial charge is 0.336 e. The molecule has 1 aliphatic rings. The van der Waals surface area contributed by atoms with E-state index < -0.39 is 0 Å². The maximum Gasteiger partial charge on any atom is 0.254 e. The van der Waals surface area contributed by atoms with Crippen molar-refractivity contribution in [2.24, 2.45) is 11.7 Å². The van der Waals surface area contributed by atoms with E-state index in [1.807, 2.05) is 29.2 Å². The average Bonchev–Trinajstić information content (AvgIpc) is 3.19. The van der Waals surface area contributed by atoms with Crippen LogP contribution in [0.4, 0.5) is 0 Å². The summed E-state index contributed by atoms with van der Waals surface area (Å²) in [6.45, 7) is 5.57. The van der Waals surface area contributed by atoms with Crippen molar-refractivity contribution in [3.63, 3.8) is 0 Å². The molecule has 1 aliphatic carbocycles. The molecule has 0 unspecified atom stereocenters. The molecule has 98 valence electrons. The third-order valence-electron chi connectivity index (χ3n) is 3.47. The molecule has 1 aromatic carbocycles. The average molecular weight is 246 g/mol. The molecule has 3 heteroatoms. The SMILES string of the molecule is CC(C)N(CC1CC1)C(=O)c1ccc(CN)cc1. The Hall–Kier alpha value is -1.35. The maximum absolute atomic E-state index is 12.4. The summed E-state index contributed by atoms with van der Waals surface area (Å²) in [5.41, 5.74) is 7.39. The Kier molecular flexibility index (Phi) is 4.02. The van der Waals surface area contributed by atoms with E-state index in [4.69, 9.17) is 5.73 Å². The second-order valence-electron chi connectivity index (χ2n) is 5.40. The lowest BCUT2D eigenvalue weighted by atomic mass is 10.1. The van der Waals surface area contributed by atoms with Crippen LogP contribution in [0.2, 0.25) is 0 Å². The smallest absolute Gasteiger partial charge is 0.254 e. The van der Waals surface area contributed by atoms with Gasteiger partial charge in [-0.05, 0) is 50.3 Å². The predicted octanol–water partition coefficient (Wildman–Crippen LogP) is 2.41. The number of rotatable bonds is 5. The van der Waals surface area contributed by atoms with Crippen molar-refractivity contribution >= 4 is 5.91 Å². The lowest BCUT2D eigenvalue weighted by molar-refractivity contribution is 0.0696. The zero-order valence-corrected chi connectivity index (χ0v) is 11.2. The van der Waals surface area contributed by atoms with Gasteiger partial charge < -0.3 is 10.6 Å². The van der Waals surface area contributed by atoms with Gasteiger partial charge in [0.15, 0.2) is 0 Å². The van der Waals surface area contributed by atoms with Crippen LogP contribution >= 0.6 is 0 Å². The molecule has 1 saturated carbocycles. The first-order chi connectivity index (χ1) is 8.61. The zero-order valence-electron chi connectivity index (χ0n) is 11.2. The highest BCUT2D eigenvalue weighted by molar-refractivity contribution is 5.94. The van der Waals surface area contributed by atoms with Crippen molar-refractivity contribution < 1.29 is 4.79 Å². The predicted molar refractivity (Wildman–Crippen MR) is 73.2 cm³/mol. The molecule has 1 amide bonds. The lowest BCUT2D eigenvalue weighted by Crippen LogP contribution is -2.38. The molecule has 0 heterocycles. The molecule has 0 radical (unpaired) electrons. The van der Waals surface area contributed by atoms with Gasteiger partial charge in [-0.3, -0.25) is 4.79 Å². The van der Waals surface area contributed by atoms with Crippen molar-refractivity contribution in [3.05, 3.63) is 35.4 Å². The van der Waals surface area contributed by atoms with E-state index in [1.54, 1.807) is 0 Å². The van der Waals surface area contributed by atoms with Crippen LogP contribution in [0, 0.1) is 5.92 Å². The third-order valence-corrected chi connectivity index (χ3v) is 3.47. The molecule has 0 aliphatic heterocycles. The first kappa shape index (κ1) is 13.1. The molecule has 2 N–H and O–H groups in total. The number of hydrogen-bond donors (Lipinski definition) is 1. The van der Waals surface area contributed by atoms with E-state index in [2.05, 4.69) is 13.8 Å². The summed E-state index contributed by atoms with van der Waals surface area (Å²) in [5, 5.41) is 0. The van der Waals surface area contributed by atoms with E-state index in [-0.39, 0.29) is 11.9 Å². The maximum atomic E-state index is 12.4. The number of carbonyl (C=O) groups excluding carboxylic acids is 1. The van der Waals surface area contributed by atoms with Gasteiger partial charge in [0.1, 0.15) is 0 Å². The van der Waals surface area contributed by atoms with Crippen molar-refractivity contribution in [2.75, 3.05) is 6.54 Å². The lowest BCUT2D eigenvalue weighted by Gasteiger charge is -2.27. The van der Waals surface area contributed by atoms with Crippen molar-refractivity contribution in [1.82, 2.24) is 4.90 Å². The minimum absolute atomic E-state index is 0.139. The van der Waals surface area contributed by atoms with E-state index in [9.17, 15) is 4.79 Å². The third kappa shape index (κ3) is 3.10. The highest BCUT2D eigenvalue weighted by atomic mass is 16.2. The van der Waals surface area contributed by atoms with Gasteiger partial charge in [0, 0.05) is 24.7 Å². The molecule has 0 saturated heterocycles. The molecular formula is C15H22N2O. The van der Waals surface area contributed by atoms with E-state index in [0.717, 1.165) is 23.6 Å². The number of hydrogen-bond acceptors (Lipinski definition) is 2. The molecule has 18 heavy (non-hydrogen) atoms. The van der Waals surface area contributed by atoms with Crippen LogP contribution < -0.4 is 5.73 Å². The van der Waals surface area contributed by atoms with Crippen LogP contribution in [0.5, 0.6) is 0 Å². The van der Waals surface area contributed by atoms with E-state index >= 15 is 0 Å². The van der Waals surface area contributed by atoms with Gasteiger partial charge in [0.05, 0.1) is 0 Å². The molecule has 3 nitrogen and oxygen atoms in total. The van der Waals surface area contributed by atoms with Crippen LogP contribution in [0.3, 0.4) is 0 Å². The van der Waals surface area contributed by atoms with Crippen LogP contribution in [0.25, 0.3) is 0 Å². The fraction of sp³-hybridized carbons (Fsp3) is 0.533. The standard InChI is InChI=1S/C15H22N2O/c1-11(2)17(10-13-3-4-13)15(18)14-7-5-12(9-16)6-8-14/h5-8,11,13H,3-4,9-10,16H2,1-2H3. The summed E-state index contributed by atoms with van der Waals surface area (Å²) in [7, 11) is 0. The molecule has 0 atom stereocenters. The minimum atomic E-state index is 0.139. The van der Waals surface area contributed by atoms with Gasteiger partial charge in [0.25, 0.3) is 5.91 Å². The monoisotopic (exact) mass is 246 g/mol. The second-order valence-corrected chi connectivity index (χ2v) is 5.40. The summed E-state index contributed by atoms with van der Waals surface area (Å²) in [6, 6.07) is 7.89. The Morgan fingerprint density at radius 2 is 1.94 bits per heavy atom. The van der Waals surface area contributed by atoms with Gasteiger partial charge in [-0.1, -0.05) is 12.1 Å². The van der Waals surface area contributed by atoms with Crippen LogP contribution in [-0.2, 0) is 6.54 Å². The number of nitrogens with two attached hydrogens (primary N) is 1. The topological polar surface area (TPSA) is 46.3 Å². The molecule has 1 aromatic rings. The fourth-order valence-corrected chi connectivity index (χ4v) is 2.06. The first-order valence-corrected chi connectivity index (χ1v) is 6.71. The number of amides is 1. The van der Waals surface area contributed by atoms with Gasteiger partial charge >= 0.3 is 0 Å². The molecular weight excluding hydrogens is 224 g/mol. The second kappa shape index (κ2) is 5.53. The van der Waals surface area contributed by atoms with Gasteiger partial charge in [-0.15, -0.1) is 0 Å². The molecule has 2 rings (SSSR count). The molecule has 0 aromatic heterocycles. The van der Waals surface area contributed by atoms with Gasteiger partial charge in [0.2, 0.25) is 0 Å². The summed E-state index contributed by atoms with van der Waals surface area (Å²) < 4.78 is 0. The Bertz CT molecular complexity index is 407. The van der Waals surface area contributed by atoms with E-state index in [0.29, 0.717) is 6.54 Å². The van der Waals surface area contributed by atoms with Crippen LogP contribution in [0.1, 0.15) is 42.6 Å². The summed E-state index contributed by atoms with van der Waals surface area (Å²) >= 11 is 0. The fourth-order valence-electron chi connectivity index (χ4n) is 2.06. The summed E-state index contributed by atoms with van der Waals surface area (Å²) in [4.78, 5) is 14.4. The molecule has 0 spiro atoms. The minimum Gasteiger partial charge on any atom is -0.336 e. The normalized spacial score (nSPS) is 14.9. The molecule has 0 bridgehead atoms. The van der Waals surface area contributed by atoms with Crippen molar-refractivity contribution in [3.8, 4) is 0 Å². The Labute approximate surface area is 109 Å². The van der Waals surface area contributed by atoms with Crippen LogP contribution in [0.15, 0.2) is 24.3 Å². The highest BCUT2D eigenvalue weighted by Gasteiger charge is 2.28. The number of carbonyl (C=O) groups is 1. The van der Waals surface area contributed by atoms with Crippen molar-refractivity contribution in [1.29, 1.82) is 0 Å². The Morgan fingerprint density at radius 1 is 1.33 bits per heavy atom. The Balaban J connectivity index is 2.10. The quantitative estimate of drug-likeness (QED) is 0.867. The van der Waals surface area contributed by atoms with Crippen LogP contribution in [-0.4, -0.2) is 23.4 Å². The molecule has 1 fully saturated rings.